The Morgan fingerprint density at radius 2 is 1.67 bits per heavy atom. The van der Waals surface area contributed by atoms with Crippen LogP contribution in [0.1, 0.15) is 43.4 Å². The monoisotopic (exact) mass is 757 g/mol. The van der Waals surface area contributed by atoms with Gasteiger partial charge in [0.1, 0.15) is 9.75 Å². The summed E-state index contributed by atoms with van der Waals surface area (Å²) in [4.78, 5) is 29.8. The normalized spacial score (nSPS) is 14.4. The molecule has 1 aliphatic rings. The number of fused-ring (bicyclic) bond motifs is 1. The minimum Gasteiger partial charge on any atom is -0.477 e. The maximum atomic E-state index is 14.8. The Morgan fingerprint density at radius 3 is 2.33 bits per heavy atom. The maximum absolute atomic E-state index is 14.8. The van der Waals surface area contributed by atoms with E-state index in [1.807, 2.05) is 53.6 Å². The van der Waals surface area contributed by atoms with Crippen molar-refractivity contribution in [2.75, 3.05) is 35.4 Å². The Hall–Kier alpha value is -3.42. The summed E-state index contributed by atoms with van der Waals surface area (Å²) in [6, 6.07) is 20.5. The SMILES string of the molecule is Cc1c(C(=O)O)sc2ccc(S(=O)(=O)N(c3ccccc3N3CCN(C(=O)c4sccc4Br)CC3)C(C)c3ccc(Cl)cc3)cc12. The average molecular weight is 759 g/mol. The number of sulfonamides is 1. The summed E-state index contributed by atoms with van der Waals surface area (Å²) in [5, 5.41) is 12.7. The number of carbonyl (C=O) groups excluding carboxylic acids is 1. The molecule has 5 aromatic rings. The molecule has 1 N–H and O–H groups in total. The summed E-state index contributed by atoms with van der Waals surface area (Å²) in [7, 11) is -4.19. The van der Waals surface area contributed by atoms with Gasteiger partial charge in [0, 0.05) is 40.4 Å². The quantitative estimate of drug-likeness (QED) is 0.171. The average Bonchev–Trinajstić information content (AvgIpc) is 3.63. The number of para-hydroxylation sites is 2. The number of halogens is 2. The number of benzene rings is 3. The number of carboxylic acid groups (broad SMARTS) is 1. The molecule has 0 saturated carbocycles. The highest BCUT2D eigenvalue weighted by Gasteiger charge is 2.34. The zero-order chi connectivity index (χ0) is 32.7. The van der Waals surface area contributed by atoms with Crippen molar-refractivity contribution < 1.29 is 23.1 Å². The van der Waals surface area contributed by atoms with Crippen LogP contribution in [-0.2, 0) is 10.0 Å². The van der Waals surface area contributed by atoms with E-state index in [1.165, 1.54) is 21.7 Å². The highest BCUT2D eigenvalue weighted by molar-refractivity contribution is 9.10. The van der Waals surface area contributed by atoms with E-state index in [9.17, 15) is 23.1 Å². The standard InChI is InChI=1S/C33H29BrClN3O5S3/c1-20-25-19-24(11-12-29(25)45-30(20)33(40)41)46(42,43)38(21(2)22-7-9-23(35)10-8-22)28-6-4-3-5-27(28)36-14-16-37(17-15-36)32(39)31-26(34)13-18-44-31/h3-13,18-19,21H,14-17H2,1-2H3,(H,40,41). The number of rotatable bonds is 8. The molecule has 6 rings (SSSR count). The van der Waals surface area contributed by atoms with E-state index in [4.69, 9.17) is 11.6 Å². The van der Waals surface area contributed by atoms with Gasteiger partial charge in [-0.3, -0.25) is 9.10 Å². The molecule has 1 fully saturated rings. The molecule has 8 nitrogen and oxygen atoms in total. The van der Waals surface area contributed by atoms with Gasteiger partial charge in [-0.2, -0.15) is 0 Å². The van der Waals surface area contributed by atoms with Crippen molar-refractivity contribution in [3.63, 3.8) is 0 Å². The Balaban J connectivity index is 1.40. The Kier molecular flexibility index (Phi) is 9.19. The zero-order valence-electron chi connectivity index (χ0n) is 24.8. The van der Waals surface area contributed by atoms with Gasteiger partial charge < -0.3 is 14.9 Å². The molecule has 0 bridgehead atoms. The minimum atomic E-state index is -4.19. The van der Waals surface area contributed by atoms with Gasteiger partial charge in [-0.05, 0) is 100 Å². The van der Waals surface area contributed by atoms with Crippen molar-refractivity contribution in [3.05, 3.63) is 109 Å². The lowest BCUT2D eigenvalue weighted by atomic mass is 10.1. The van der Waals surface area contributed by atoms with Gasteiger partial charge in [-0.15, -0.1) is 22.7 Å². The lowest BCUT2D eigenvalue weighted by molar-refractivity contribution is 0.0700. The van der Waals surface area contributed by atoms with E-state index < -0.39 is 22.0 Å². The number of carbonyl (C=O) groups is 2. The van der Waals surface area contributed by atoms with E-state index >= 15 is 0 Å². The van der Waals surface area contributed by atoms with Gasteiger partial charge in [0.2, 0.25) is 0 Å². The van der Waals surface area contributed by atoms with Crippen LogP contribution in [0.2, 0.25) is 5.02 Å². The van der Waals surface area contributed by atoms with Crippen molar-refractivity contribution in [2.24, 2.45) is 0 Å². The second kappa shape index (κ2) is 13.0. The fourth-order valence-electron chi connectivity index (χ4n) is 5.76. The lowest BCUT2D eigenvalue weighted by Crippen LogP contribution is -2.49. The van der Waals surface area contributed by atoms with Crippen molar-refractivity contribution in [3.8, 4) is 0 Å². The van der Waals surface area contributed by atoms with Crippen molar-refractivity contribution in [1.82, 2.24) is 4.90 Å². The fourth-order valence-corrected chi connectivity index (χ4v) is 10.1. The maximum Gasteiger partial charge on any atom is 0.346 e. The van der Waals surface area contributed by atoms with E-state index in [1.54, 1.807) is 37.3 Å². The van der Waals surface area contributed by atoms with Crippen LogP contribution < -0.4 is 9.21 Å². The Morgan fingerprint density at radius 1 is 0.978 bits per heavy atom. The third-order valence-corrected chi connectivity index (χ3v) is 13.4. The predicted molar refractivity (Wildman–Crippen MR) is 190 cm³/mol. The molecule has 0 aliphatic carbocycles. The number of hydrogen-bond acceptors (Lipinski definition) is 7. The number of aryl methyl sites for hydroxylation is 1. The fraction of sp³-hybridized carbons (Fsp3) is 0.212. The zero-order valence-corrected chi connectivity index (χ0v) is 29.6. The third-order valence-electron chi connectivity index (χ3n) is 8.20. The van der Waals surface area contributed by atoms with Crippen LogP contribution in [0.25, 0.3) is 10.1 Å². The number of nitrogens with zero attached hydrogens (tertiary/aromatic N) is 3. The Bertz CT molecular complexity index is 2050. The van der Waals surface area contributed by atoms with Crippen LogP contribution in [0, 0.1) is 6.92 Å². The van der Waals surface area contributed by atoms with Crippen molar-refractivity contribution in [2.45, 2.75) is 24.8 Å². The molecule has 0 radical (unpaired) electrons. The van der Waals surface area contributed by atoms with Gasteiger partial charge >= 0.3 is 5.97 Å². The van der Waals surface area contributed by atoms with Gasteiger partial charge in [0.25, 0.3) is 15.9 Å². The Labute approximate surface area is 288 Å². The molecule has 3 heterocycles. The van der Waals surface area contributed by atoms with Crippen LogP contribution in [0.5, 0.6) is 0 Å². The third kappa shape index (κ3) is 6.04. The van der Waals surface area contributed by atoms with Crippen molar-refractivity contribution in [1.29, 1.82) is 0 Å². The summed E-state index contributed by atoms with van der Waals surface area (Å²) in [6.45, 7) is 5.54. The van der Waals surface area contributed by atoms with Crippen LogP contribution in [0.3, 0.4) is 0 Å². The number of aromatic carboxylic acids is 1. The first-order valence-electron chi connectivity index (χ1n) is 14.4. The van der Waals surface area contributed by atoms with Crippen molar-refractivity contribution >= 4 is 93.6 Å². The summed E-state index contributed by atoms with van der Waals surface area (Å²) in [6.07, 6.45) is 0. The largest absolute Gasteiger partial charge is 0.477 e. The lowest BCUT2D eigenvalue weighted by Gasteiger charge is -2.39. The number of piperazine rings is 1. The van der Waals surface area contributed by atoms with Gasteiger partial charge in [0.05, 0.1) is 22.3 Å². The number of hydrogen-bond donors (Lipinski definition) is 1. The van der Waals surface area contributed by atoms with Crippen LogP contribution in [0.15, 0.2) is 87.5 Å². The number of anilines is 2. The molecule has 46 heavy (non-hydrogen) atoms. The van der Waals surface area contributed by atoms with Gasteiger partial charge in [0.15, 0.2) is 0 Å². The molecule has 2 aromatic heterocycles. The first-order valence-corrected chi connectivity index (χ1v) is 18.7. The molecule has 238 valence electrons. The predicted octanol–water partition coefficient (Wildman–Crippen LogP) is 8.30. The topological polar surface area (TPSA) is 98.2 Å². The molecule has 1 aliphatic heterocycles. The van der Waals surface area contributed by atoms with E-state index in [0.29, 0.717) is 57.4 Å². The van der Waals surface area contributed by atoms with Gasteiger partial charge in [-0.25, -0.2) is 13.2 Å². The number of amides is 1. The molecule has 3 aromatic carbocycles. The number of carboxylic acids is 1. The molecule has 1 atom stereocenters. The second-order valence-electron chi connectivity index (χ2n) is 10.9. The first-order chi connectivity index (χ1) is 22.0. The van der Waals surface area contributed by atoms with E-state index in [2.05, 4.69) is 20.8 Å². The summed E-state index contributed by atoms with van der Waals surface area (Å²) >= 11 is 12.2. The molecule has 1 unspecified atom stereocenters. The molecular weight excluding hydrogens is 730 g/mol. The molecule has 13 heteroatoms. The second-order valence-corrected chi connectivity index (χ2v) is 16.0. The smallest absolute Gasteiger partial charge is 0.346 e. The van der Waals surface area contributed by atoms with Crippen LogP contribution in [-0.4, -0.2) is 56.5 Å². The molecule has 0 spiro atoms. The molecular formula is C33H29BrClN3O5S3. The summed E-state index contributed by atoms with van der Waals surface area (Å²) < 4.78 is 32.4. The minimum absolute atomic E-state index is 0.0273. The van der Waals surface area contributed by atoms with E-state index in [0.717, 1.165) is 27.1 Å². The highest BCUT2D eigenvalue weighted by atomic mass is 79.9. The van der Waals surface area contributed by atoms with Crippen LogP contribution >= 0.6 is 50.2 Å². The first kappa shape index (κ1) is 32.5. The number of thiophene rings is 2. The molecule has 1 amide bonds. The highest BCUT2D eigenvalue weighted by Crippen LogP contribution is 2.41. The van der Waals surface area contributed by atoms with E-state index in [-0.39, 0.29) is 15.7 Å². The summed E-state index contributed by atoms with van der Waals surface area (Å²) in [5.74, 6) is -1.07. The van der Waals surface area contributed by atoms with Crippen LogP contribution in [0.4, 0.5) is 11.4 Å². The summed E-state index contributed by atoms with van der Waals surface area (Å²) in [5.41, 5.74) is 2.52. The molecule has 1 saturated heterocycles. The van der Waals surface area contributed by atoms with Gasteiger partial charge in [-0.1, -0.05) is 35.9 Å².